The lowest BCUT2D eigenvalue weighted by atomic mass is 9.92. The summed E-state index contributed by atoms with van der Waals surface area (Å²) >= 11 is 0. The molecule has 4 nitrogen and oxygen atoms in total. The van der Waals surface area contributed by atoms with E-state index in [0.29, 0.717) is 6.54 Å². The number of rotatable bonds is 8. The van der Waals surface area contributed by atoms with Crippen molar-refractivity contribution in [3.63, 3.8) is 0 Å². The summed E-state index contributed by atoms with van der Waals surface area (Å²) in [6, 6.07) is 11.9. The third-order valence-electron chi connectivity index (χ3n) is 3.49. The fourth-order valence-electron chi connectivity index (χ4n) is 2.24. The highest BCUT2D eigenvalue weighted by Gasteiger charge is 2.29. The van der Waals surface area contributed by atoms with Gasteiger partial charge < -0.3 is 15.5 Å². The smallest absolute Gasteiger partial charge is 0.142 e. The molecule has 0 radical (unpaired) electrons. The number of likely N-dealkylation sites (N-methyl/N-ethyl adjacent to an activating group) is 1. The third kappa shape index (κ3) is 4.93. The van der Waals surface area contributed by atoms with Gasteiger partial charge in [0, 0.05) is 6.54 Å². The second-order valence-corrected chi connectivity index (χ2v) is 5.47. The minimum Gasteiger partial charge on any atom is -0.309 e. The monoisotopic (exact) mass is 274 g/mol. The van der Waals surface area contributed by atoms with Gasteiger partial charge in [-0.05, 0) is 45.7 Å². The Morgan fingerprint density at radius 2 is 1.85 bits per heavy atom. The molecule has 1 rings (SSSR count). The van der Waals surface area contributed by atoms with E-state index in [1.807, 2.05) is 30.3 Å². The van der Waals surface area contributed by atoms with Gasteiger partial charge in [-0.1, -0.05) is 37.3 Å². The van der Waals surface area contributed by atoms with Crippen molar-refractivity contribution in [2.24, 2.45) is 5.73 Å². The van der Waals surface area contributed by atoms with E-state index < -0.39 is 5.54 Å². The molecule has 0 bridgehead atoms. The maximum atomic E-state index is 9.49. The lowest BCUT2D eigenvalue weighted by molar-refractivity contribution is 0.231. The highest BCUT2D eigenvalue weighted by molar-refractivity contribution is 5.31. The molecule has 1 atom stereocenters. The lowest BCUT2D eigenvalue weighted by Gasteiger charge is -2.30. The first-order chi connectivity index (χ1) is 9.51. The summed E-state index contributed by atoms with van der Waals surface area (Å²) in [5.74, 6) is 0. The molecule has 2 N–H and O–H groups in total. The van der Waals surface area contributed by atoms with Crippen molar-refractivity contribution in [1.29, 1.82) is 5.26 Å². The number of nitrogens with two attached hydrogens (primary N) is 1. The Hall–Kier alpha value is -1.41. The van der Waals surface area contributed by atoms with E-state index in [0.717, 1.165) is 31.6 Å². The maximum absolute atomic E-state index is 9.49. The van der Waals surface area contributed by atoms with Crippen molar-refractivity contribution >= 4 is 0 Å². The van der Waals surface area contributed by atoms with Crippen LogP contribution in [0.1, 0.15) is 18.9 Å². The van der Waals surface area contributed by atoms with Crippen LogP contribution < -0.4 is 5.73 Å². The predicted octanol–water partition coefficient (Wildman–Crippen LogP) is 1.64. The minimum atomic E-state index is -0.935. The summed E-state index contributed by atoms with van der Waals surface area (Å²) in [5.41, 5.74) is 6.26. The van der Waals surface area contributed by atoms with Crippen molar-refractivity contribution in [1.82, 2.24) is 9.80 Å². The number of nitriles is 1. The second kappa shape index (κ2) is 8.01. The standard InChI is InChI=1S/C16H26N4/c1-4-20(12-8-11-19(2)3)14-16(18,13-17)15-9-6-5-7-10-15/h5-7,9-10H,4,8,11-12,14,18H2,1-3H3. The Labute approximate surface area is 122 Å². The molecule has 0 aliphatic carbocycles. The van der Waals surface area contributed by atoms with Gasteiger partial charge in [0.25, 0.3) is 0 Å². The second-order valence-electron chi connectivity index (χ2n) is 5.47. The van der Waals surface area contributed by atoms with Crippen molar-refractivity contribution in [2.75, 3.05) is 40.3 Å². The molecule has 0 spiro atoms. The predicted molar refractivity (Wildman–Crippen MR) is 83.2 cm³/mol. The summed E-state index contributed by atoms with van der Waals surface area (Å²) in [6.07, 6.45) is 1.08. The SMILES string of the molecule is CCN(CCCN(C)C)CC(N)(C#N)c1ccccc1. The quantitative estimate of drug-likeness (QED) is 0.783. The van der Waals surface area contributed by atoms with Crippen LogP contribution in [0.15, 0.2) is 30.3 Å². The van der Waals surface area contributed by atoms with Crippen LogP contribution in [0.25, 0.3) is 0 Å². The van der Waals surface area contributed by atoms with Gasteiger partial charge in [-0.15, -0.1) is 0 Å². The lowest BCUT2D eigenvalue weighted by Crippen LogP contribution is -2.47. The molecule has 0 amide bonds. The first kappa shape index (κ1) is 16.6. The molecule has 0 saturated heterocycles. The van der Waals surface area contributed by atoms with Crippen molar-refractivity contribution in [2.45, 2.75) is 18.9 Å². The molecule has 1 aromatic carbocycles. The Balaban J connectivity index is 2.68. The molecule has 0 heterocycles. The Kier molecular flexibility index (Phi) is 6.66. The van der Waals surface area contributed by atoms with E-state index in [1.54, 1.807) is 0 Å². The Morgan fingerprint density at radius 1 is 1.20 bits per heavy atom. The van der Waals surface area contributed by atoms with E-state index in [4.69, 9.17) is 5.73 Å². The summed E-state index contributed by atoms with van der Waals surface area (Å²) in [5, 5.41) is 9.49. The molecule has 1 aromatic rings. The van der Waals surface area contributed by atoms with Gasteiger partial charge in [0.2, 0.25) is 0 Å². The molecule has 20 heavy (non-hydrogen) atoms. The van der Waals surface area contributed by atoms with Crippen molar-refractivity contribution in [3.8, 4) is 6.07 Å². The van der Waals surface area contributed by atoms with Crippen LogP contribution in [-0.2, 0) is 5.54 Å². The molecular formula is C16H26N4. The van der Waals surface area contributed by atoms with Crippen molar-refractivity contribution < 1.29 is 0 Å². The van der Waals surface area contributed by atoms with E-state index in [9.17, 15) is 5.26 Å². The van der Waals surface area contributed by atoms with Gasteiger partial charge in [-0.3, -0.25) is 0 Å². The zero-order valence-corrected chi connectivity index (χ0v) is 12.8. The molecule has 0 fully saturated rings. The van der Waals surface area contributed by atoms with Crippen LogP contribution >= 0.6 is 0 Å². The Morgan fingerprint density at radius 3 is 2.35 bits per heavy atom. The van der Waals surface area contributed by atoms with Gasteiger partial charge in [0.15, 0.2) is 0 Å². The molecule has 0 saturated carbocycles. The van der Waals surface area contributed by atoms with Gasteiger partial charge >= 0.3 is 0 Å². The molecular weight excluding hydrogens is 248 g/mol. The van der Waals surface area contributed by atoms with Crippen LogP contribution in [0, 0.1) is 11.3 Å². The van der Waals surface area contributed by atoms with E-state index in [1.165, 1.54) is 0 Å². The number of benzene rings is 1. The number of nitrogens with zero attached hydrogens (tertiary/aromatic N) is 3. The van der Waals surface area contributed by atoms with E-state index in [-0.39, 0.29) is 0 Å². The summed E-state index contributed by atoms with van der Waals surface area (Å²) in [7, 11) is 4.14. The fraction of sp³-hybridized carbons (Fsp3) is 0.562. The third-order valence-corrected chi connectivity index (χ3v) is 3.49. The van der Waals surface area contributed by atoms with Gasteiger partial charge in [-0.2, -0.15) is 5.26 Å². The summed E-state index contributed by atoms with van der Waals surface area (Å²) < 4.78 is 0. The van der Waals surface area contributed by atoms with Crippen LogP contribution in [0.3, 0.4) is 0 Å². The first-order valence-electron chi connectivity index (χ1n) is 7.14. The molecule has 0 aliphatic rings. The van der Waals surface area contributed by atoms with Crippen LogP contribution in [-0.4, -0.2) is 50.1 Å². The average molecular weight is 274 g/mol. The molecule has 0 aliphatic heterocycles. The zero-order chi connectivity index (χ0) is 15.0. The average Bonchev–Trinajstić information content (AvgIpc) is 2.46. The Bertz CT molecular complexity index is 424. The molecule has 110 valence electrons. The highest BCUT2D eigenvalue weighted by atomic mass is 15.1. The van der Waals surface area contributed by atoms with Crippen molar-refractivity contribution in [3.05, 3.63) is 35.9 Å². The van der Waals surface area contributed by atoms with Gasteiger partial charge in [0.1, 0.15) is 5.54 Å². The maximum Gasteiger partial charge on any atom is 0.142 e. The normalized spacial score (nSPS) is 14.2. The van der Waals surface area contributed by atoms with E-state index in [2.05, 4.69) is 36.9 Å². The summed E-state index contributed by atoms with van der Waals surface area (Å²) in [4.78, 5) is 4.42. The first-order valence-corrected chi connectivity index (χ1v) is 7.14. The molecule has 0 aromatic heterocycles. The van der Waals surface area contributed by atoms with Crippen LogP contribution in [0.5, 0.6) is 0 Å². The number of hydrogen-bond acceptors (Lipinski definition) is 4. The van der Waals surface area contributed by atoms with Crippen LogP contribution in [0.2, 0.25) is 0 Å². The summed E-state index contributed by atoms with van der Waals surface area (Å²) in [6.45, 7) is 5.59. The van der Waals surface area contributed by atoms with E-state index >= 15 is 0 Å². The topological polar surface area (TPSA) is 56.3 Å². The fourth-order valence-corrected chi connectivity index (χ4v) is 2.24. The minimum absolute atomic E-state index is 0.567. The van der Waals surface area contributed by atoms with Gasteiger partial charge in [0.05, 0.1) is 6.07 Å². The molecule has 1 unspecified atom stereocenters. The largest absolute Gasteiger partial charge is 0.309 e. The molecule has 4 heteroatoms. The highest BCUT2D eigenvalue weighted by Crippen LogP contribution is 2.18. The van der Waals surface area contributed by atoms with Crippen LogP contribution in [0.4, 0.5) is 0 Å². The van der Waals surface area contributed by atoms with Gasteiger partial charge in [-0.25, -0.2) is 0 Å². The number of hydrogen-bond donors (Lipinski definition) is 1. The zero-order valence-electron chi connectivity index (χ0n) is 12.8.